The molecule has 0 aliphatic rings. The first kappa shape index (κ1) is 19.2. The molecule has 27 heavy (non-hydrogen) atoms. The Morgan fingerprint density at radius 1 is 0.778 bits per heavy atom. The van der Waals surface area contributed by atoms with Crippen LogP contribution in [-0.4, -0.2) is 14.2 Å². The molecule has 3 nitrogen and oxygen atoms in total. The molecule has 3 aromatic carbocycles. The monoisotopic (exact) mass is 380 g/mol. The number of hydrogen-bond acceptors (Lipinski definition) is 3. The maximum Gasteiger partial charge on any atom is 0.310 e. The van der Waals surface area contributed by atoms with Crippen LogP contribution in [0.2, 0.25) is 0 Å². The van der Waals surface area contributed by atoms with Gasteiger partial charge in [-0.25, -0.2) is 0 Å². The summed E-state index contributed by atoms with van der Waals surface area (Å²) in [6.07, 6.45) is 0. The Morgan fingerprint density at radius 3 is 2.00 bits per heavy atom. The van der Waals surface area contributed by atoms with Gasteiger partial charge in [-0.1, -0.05) is 78.4 Å². The fourth-order valence-corrected chi connectivity index (χ4v) is 4.63. The van der Waals surface area contributed by atoms with Gasteiger partial charge in [0.25, 0.3) is 0 Å². The normalized spacial score (nSPS) is 12.6. The van der Waals surface area contributed by atoms with Crippen LogP contribution < -0.4 is 4.18 Å². The smallest absolute Gasteiger partial charge is 0.310 e. The van der Waals surface area contributed by atoms with Gasteiger partial charge in [0.2, 0.25) is 0 Å². The third-order valence-corrected chi connectivity index (χ3v) is 5.80. The topological polar surface area (TPSA) is 43.4 Å². The van der Waals surface area contributed by atoms with Gasteiger partial charge in [-0.2, -0.15) is 8.42 Å². The molecular weight excluding hydrogens is 356 g/mol. The summed E-state index contributed by atoms with van der Waals surface area (Å²) in [5.74, 6) is 0.0165. The molecule has 0 saturated carbocycles. The van der Waals surface area contributed by atoms with E-state index in [9.17, 15) is 8.42 Å². The second kappa shape index (κ2) is 7.97. The molecule has 0 aromatic heterocycles. The molecule has 0 aliphatic carbocycles. The van der Waals surface area contributed by atoms with Gasteiger partial charge in [-0.15, -0.1) is 0 Å². The van der Waals surface area contributed by atoms with Crippen molar-refractivity contribution in [1.29, 1.82) is 0 Å². The van der Waals surface area contributed by atoms with E-state index in [0.717, 1.165) is 27.8 Å². The molecule has 1 atom stereocenters. The van der Waals surface area contributed by atoms with Crippen molar-refractivity contribution in [3.8, 4) is 5.75 Å². The predicted molar refractivity (Wildman–Crippen MR) is 110 cm³/mol. The van der Waals surface area contributed by atoms with E-state index >= 15 is 0 Å². The molecule has 0 saturated heterocycles. The number of hydrogen-bond donors (Lipinski definition) is 0. The van der Waals surface area contributed by atoms with Crippen molar-refractivity contribution in [2.75, 3.05) is 5.75 Å². The van der Waals surface area contributed by atoms with Crippen molar-refractivity contribution < 1.29 is 12.6 Å². The molecule has 0 radical (unpaired) electrons. The van der Waals surface area contributed by atoms with Gasteiger partial charge in [-0.3, -0.25) is 0 Å². The second-order valence-corrected chi connectivity index (χ2v) is 8.52. The van der Waals surface area contributed by atoms with Crippen LogP contribution in [0, 0.1) is 20.8 Å². The lowest BCUT2D eigenvalue weighted by Crippen LogP contribution is -2.21. The van der Waals surface area contributed by atoms with E-state index in [1.165, 1.54) is 0 Å². The van der Waals surface area contributed by atoms with Crippen LogP contribution in [0.1, 0.15) is 33.7 Å². The second-order valence-electron chi connectivity index (χ2n) is 6.91. The van der Waals surface area contributed by atoms with E-state index in [4.69, 9.17) is 4.18 Å². The van der Waals surface area contributed by atoms with Crippen LogP contribution >= 0.6 is 0 Å². The first-order chi connectivity index (χ1) is 12.9. The van der Waals surface area contributed by atoms with Crippen molar-refractivity contribution >= 4 is 10.1 Å². The molecule has 0 N–H and O–H groups in total. The Hall–Kier alpha value is -2.59. The minimum absolute atomic E-state index is 0.117. The molecule has 0 aliphatic heterocycles. The summed E-state index contributed by atoms with van der Waals surface area (Å²) in [4.78, 5) is 0. The zero-order valence-corrected chi connectivity index (χ0v) is 16.7. The average Bonchev–Trinajstić information content (AvgIpc) is 2.64. The third kappa shape index (κ3) is 4.77. The standard InChI is InChI=1S/C23H24O3S/c1-17-9-7-14-21(15-17)22(20-12-5-4-6-13-20)16-27(24,25)26-23-18(2)10-8-11-19(23)3/h4-15,22H,16H2,1-3H3/t22-/m1/s1. The predicted octanol–water partition coefficient (Wildman–Crippen LogP) is 5.15. The minimum atomic E-state index is -3.79. The third-order valence-electron chi connectivity index (χ3n) is 4.64. The summed E-state index contributed by atoms with van der Waals surface area (Å²) in [7, 11) is -3.79. The van der Waals surface area contributed by atoms with Crippen LogP contribution in [0.15, 0.2) is 72.8 Å². The highest BCUT2D eigenvalue weighted by atomic mass is 32.2. The lowest BCUT2D eigenvalue weighted by atomic mass is 9.92. The lowest BCUT2D eigenvalue weighted by molar-refractivity contribution is 0.479. The molecule has 4 heteroatoms. The molecule has 3 aromatic rings. The molecule has 140 valence electrons. The Kier molecular flexibility index (Phi) is 5.66. The highest BCUT2D eigenvalue weighted by molar-refractivity contribution is 7.87. The SMILES string of the molecule is Cc1cccc([C@H](CS(=O)(=O)Oc2c(C)cccc2C)c2ccccc2)c1. The maximum atomic E-state index is 12.9. The minimum Gasteiger partial charge on any atom is -0.382 e. The fourth-order valence-electron chi connectivity index (χ4n) is 3.25. The number of aryl methyl sites for hydroxylation is 3. The van der Waals surface area contributed by atoms with Gasteiger partial charge in [0.1, 0.15) is 5.75 Å². The van der Waals surface area contributed by atoms with Gasteiger partial charge >= 0.3 is 10.1 Å². The molecule has 0 fully saturated rings. The maximum absolute atomic E-state index is 12.9. The summed E-state index contributed by atoms with van der Waals surface area (Å²) in [5, 5.41) is 0. The van der Waals surface area contributed by atoms with E-state index < -0.39 is 10.1 Å². The zero-order chi connectivity index (χ0) is 19.4. The van der Waals surface area contributed by atoms with E-state index in [2.05, 4.69) is 0 Å². The van der Waals surface area contributed by atoms with Crippen LogP contribution in [0.4, 0.5) is 0 Å². The van der Waals surface area contributed by atoms with Crippen LogP contribution in [-0.2, 0) is 10.1 Å². The van der Waals surface area contributed by atoms with Gasteiger partial charge in [0.05, 0.1) is 5.75 Å². The van der Waals surface area contributed by atoms with E-state index in [-0.39, 0.29) is 11.7 Å². The van der Waals surface area contributed by atoms with Crippen molar-refractivity contribution in [1.82, 2.24) is 0 Å². The molecule has 0 amide bonds. The van der Waals surface area contributed by atoms with Gasteiger partial charge in [0, 0.05) is 5.92 Å². The largest absolute Gasteiger partial charge is 0.382 e. The summed E-state index contributed by atoms with van der Waals surface area (Å²) in [5.41, 5.74) is 4.64. The number of rotatable bonds is 6. The van der Waals surface area contributed by atoms with Gasteiger partial charge in [0.15, 0.2) is 0 Å². The highest BCUT2D eigenvalue weighted by Gasteiger charge is 2.25. The molecular formula is C23H24O3S. The number of para-hydroxylation sites is 1. The van der Waals surface area contributed by atoms with Crippen molar-refractivity contribution in [3.63, 3.8) is 0 Å². The van der Waals surface area contributed by atoms with Gasteiger partial charge < -0.3 is 4.18 Å². The van der Waals surface area contributed by atoms with Gasteiger partial charge in [-0.05, 0) is 43.0 Å². The van der Waals surface area contributed by atoms with Crippen molar-refractivity contribution in [2.45, 2.75) is 26.7 Å². The molecule has 0 unspecified atom stereocenters. The molecule has 0 bridgehead atoms. The molecule has 0 heterocycles. The first-order valence-electron chi connectivity index (χ1n) is 8.95. The average molecular weight is 381 g/mol. The zero-order valence-electron chi connectivity index (χ0n) is 15.8. The Morgan fingerprint density at radius 2 is 1.37 bits per heavy atom. The summed E-state index contributed by atoms with van der Waals surface area (Å²) < 4.78 is 31.4. The highest BCUT2D eigenvalue weighted by Crippen LogP contribution is 2.30. The lowest BCUT2D eigenvalue weighted by Gasteiger charge is -2.20. The Balaban J connectivity index is 1.96. The summed E-state index contributed by atoms with van der Waals surface area (Å²) in [6.45, 7) is 5.72. The van der Waals surface area contributed by atoms with E-state index in [0.29, 0.717) is 5.75 Å². The molecule has 0 spiro atoms. The summed E-state index contributed by atoms with van der Waals surface area (Å²) in [6, 6.07) is 23.3. The Labute approximate surface area is 161 Å². The number of benzene rings is 3. The fraction of sp³-hybridized carbons (Fsp3) is 0.217. The van der Waals surface area contributed by atoms with Crippen molar-refractivity contribution in [2.24, 2.45) is 0 Å². The van der Waals surface area contributed by atoms with E-state index in [1.54, 1.807) is 0 Å². The van der Waals surface area contributed by atoms with Crippen LogP contribution in [0.5, 0.6) is 5.75 Å². The van der Waals surface area contributed by atoms with Crippen molar-refractivity contribution in [3.05, 3.63) is 101 Å². The van der Waals surface area contributed by atoms with E-state index in [1.807, 2.05) is 93.6 Å². The van der Waals surface area contributed by atoms with Crippen LogP contribution in [0.3, 0.4) is 0 Å². The quantitative estimate of drug-likeness (QED) is 0.555. The Bertz CT molecular complexity index is 1000. The first-order valence-corrected chi connectivity index (χ1v) is 10.5. The molecule has 3 rings (SSSR count). The van der Waals surface area contributed by atoms with Crippen LogP contribution in [0.25, 0.3) is 0 Å². The summed E-state index contributed by atoms with van der Waals surface area (Å²) >= 11 is 0.